The van der Waals surface area contributed by atoms with Gasteiger partial charge >= 0.3 is 12.0 Å². The molecule has 1 aromatic rings. The van der Waals surface area contributed by atoms with E-state index in [1.165, 1.54) is 14.2 Å². The fraction of sp³-hybridized carbons (Fsp3) is 0.727. The van der Waals surface area contributed by atoms with Gasteiger partial charge in [-0.2, -0.15) is 9.97 Å². The van der Waals surface area contributed by atoms with Crippen LogP contribution in [-0.4, -0.2) is 48.3 Å². The molecule has 7 nitrogen and oxygen atoms in total. The summed E-state index contributed by atoms with van der Waals surface area (Å²) in [5.41, 5.74) is 5.54. The van der Waals surface area contributed by atoms with Gasteiger partial charge in [0.2, 0.25) is 5.95 Å². The SMILES string of the molecule is COc1nc(OC)nc(N(CCCN)C(C)C)n1. The van der Waals surface area contributed by atoms with Gasteiger partial charge in [-0.15, -0.1) is 4.98 Å². The first kappa shape index (κ1) is 14.4. The summed E-state index contributed by atoms with van der Waals surface area (Å²) in [6, 6.07) is 0.749. The van der Waals surface area contributed by atoms with E-state index in [4.69, 9.17) is 15.2 Å². The van der Waals surface area contributed by atoms with E-state index < -0.39 is 0 Å². The van der Waals surface area contributed by atoms with Crippen LogP contribution >= 0.6 is 0 Å². The first-order valence-electron chi connectivity index (χ1n) is 5.93. The van der Waals surface area contributed by atoms with Crippen LogP contribution in [0.15, 0.2) is 0 Å². The van der Waals surface area contributed by atoms with E-state index >= 15 is 0 Å². The van der Waals surface area contributed by atoms with Crippen LogP contribution in [0.4, 0.5) is 5.95 Å². The molecule has 1 aromatic heterocycles. The van der Waals surface area contributed by atoms with Crippen LogP contribution in [0.1, 0.15) is 20.3 Å². The lowest BCUT2D eigenvalue weighted by Crippen LogP contribution is -2.34. The van der Waals surface area contributed by atoms with Gasteiger partial charge in [0, 0.05) is 12.6 Å². The van der Waals surface area contributed by atoms with Gasteiger partial charge in [-0.05, 0) is 26.8 Å². The maximum atomic E-state index is 5.54. The van der Waals surface area contributed by atoms with E-state index in [1.807, 2.05) is 4.90 Å². The monoisotopic (exact) mass is 255 g/mol. The first-order valence-corrected chi connectivity index (χ1v) is 5.93. The summed E-state index contributed by atoms with van der Waals surface area (Å²) in [5.74, 6) is 0.544. The number of hydrogen-bond donors (Lipinski definition) is 1. The Balaban J connectivity index is 3.02. The summed E-state index contributed by atoms with van der Waals surface area (Å²) < 4.78 is 10.1. The number of anilines is 1. The Morgan fingerprint density at radius 1 is 1.11 bits per heavy atom. The zero-order valence-corrected chi connectivity index (χ0v) is 11.4. The number of ether oxygens (including phenoxy) is 2. The zero-order valence-electron chi connectivity index (χ0n) is 11.4. The largest absolute Gasteiger partial charge is 0.467 e. The summed E-state index contributed by atoms with van der Waals surface area (Å²) in [4.78, 5) is 14.5. The molecule has 0 aliphatic carbocycles. The summed E-state index contributed by atoms with van der Waals surface area (Å²) in [6.45, 7) is 5.55. The van der Waals surface area contributed by atoms with Crippen LogP contribution in [0, 0.1) is 0 Å². The summed E-state index contributed by atoms with van der Waals surface area (Å²) in [5, 5.41) is 0. The molecule has 0 unspecified atom stereocenters. The summed E-state index contributed by atoms with van der Waals surface area (Å²) >= 11 is 0. The van der Waals surface area contributed by atoms with Crippen LogP contribution < -0.4 is 20.1 Å². The second kappa shape index (κ2) is 6.95. The molecule has 0 aliphatic heterocycles. The highest BCUT2D eigenvalue weighted by Gasteiger charge is 2.16. The van der Waals surface area contributed by atoms with Crippen LogP contribution in [-0.2, 0) is 0 Å². The van der Waals surface area contributed by atoms with Crippen molar-refractivity contribution in [3.8, 4) is 12.0 Å². The molecule has 0 bridgehead atoms. The van der Waals surface area contributed by atoms with E-state index in [-0.39, 0.29) is 18.1 Å². The van der Waals surface area contributed by atoms with Gasteiger partial charge in [0.25, 0.3) is 0 Å². The van der Waals surface area contributed by atoms with Crippen molar-refractivity contribution in [1.29, 1.82) is 0 Å². The molecular formula is C11H21N5O2. The number of hydrogen-bond acceptors (Lipinski definition) is 7. The molecule has 1 rings (SSSR count). The Bertz CT molecular complexity index is 350. The van der Waals surface area contributed by atoms with Crippen LogP contribution in [0.5, 0.6) is 12.0 Å². The van der Waals surface area contributed by atoms with Crippen molar-refractivity contribution in [2.75, 3.05) is 32.2 Å². The van der Waals surface area contributed by atoms with Crippen LogP contribution in [0.3, 0.4) is 0 Å². The molecule has 0 fully saturated rings. The number of methoxy groups -OCH3 is 2. The second-order valence-corrected chi connectivity index (χ2v) is 4.04. The first-order chi connectivity index (χ1) is 8.62. The minimum absolute atomic E-state index is 0.246. The fourth-order valence-corrected chi connectivity index (χ4v) is 1.49. The van der Waals surface area contributed by atoms with E-state index in [0.717, 1.165) is 13.0 Å². The fourth-order valence-electron chi connectivity index (χ4n) is 1.49. The van der Waals surface area contributed by atoms with Crippen LogP contribution in [0.2, 0.25) is 0 Å². The van der Waals surface area contributed by atoms with Crippen molar-refractivity contribution < 1.29 is 9.47 Å². The molecule has 7 heteroatoms. The Morgan fingerprint density at radius 2 is 1.67 bits per heavy atom. The van der Waals surface area contributed by atoms with Gasteiger partial charge in [0.05, 0.1) is 14.2 Å². The minimum atomic E-state index is 0.246. The third-order valence-corrected chi connectivity index (χ3v) is 2.43. The topological polar surface area (TPSA) is 86.4 Å². The van der Waals surface area contributed by atoms with Crippen molar-refractivity contribution in [3.05, 3.63) is 0 Å². The van der Waals surface area contributed by atoms with Crippen molar-refractivity contribution in [2.24, 2.45) is 5.73 Å². The van der Waals surface area contributed by atoms with E-state index in [9.17, 15) is 0 Å². The lowest BCUT2D eigenvalue weighted by molar-refractivity contribution is 0.339. The average molecular weight is 255 g/mol. The second-order valence-electron chi connectivity index (χ2n) is 4.04. The van der Waals surface area contributed by atoms with Gasteiger partial charge in [-0.3, -0.25) is 0 Å². The third-order valence-electron chi connectivity index (χ3n) is 2.43. The molecule has 0 amide bonds. The molecule has 0 saturated carbocycles. The Morgan fingerprint density at radius 3 is 2.06 bits per heavy atom. The molecule has 0 saturated heterocycles. The van der Waals surface area contributed by atoms with E-state index in [1.54, 1.807) is 0 Å². The van der Waals surface area contributed by atoms with Gasteiger partial charge < -0.3 is 20.1 Å². The molecule has 18 heavy (non-hydrogen) atoms. The van der Waals surface area contributed by atoms with Gasteiger partial charge in [0.1, 0.15) is 0 Å². The molecule has 0 atom stereocenters. The molecule has 0 aromatic carbocycles. The van der Waals surface area contributed by atoms with Crippen molar-refractivity contribution in [2.45, 2.75) is 26.3 Å². The molecule has 102 valence electrons. The molecule has 0 spiro atoms. The predicted octanol–water partition coefficient (Wildman–Crippen LogP) is 0.452. The Labute approximate surface area is 107 Å². The molecular weight excluding hydrogens is 234 g/mol. The third kappa shape index (κ3) is 3.69. The quantitative estimate of drug-likeness (QED) is 0.757. The van der Waals surface area contributed by atoms with E-state index in [0.29, 0.717) is 12.5 Å². The molecule has 0 aliphatic rings. The number of nitrogens with zero attached hydrogens (tertiary/aromatic N) is 4. The number of nitrogens with two attached hydrogens (primary N) is 1. The number of rotatable bonds is 7. The van der Waals surface area contributed by atoms with Crippen LogP contribution in [0.25, 0.3) is 0 Å². The van der Waals surface area contributed by atoms with Gasteiger partial charge in [-0.1, -0.05) is 0 Å². The lowest BCUT2D eigenvalue weighted by Gasteiger charge is -2.26. The molecule has 2 N–H and O–H groups in total. The van der Waals surface area contributed by atoms with Gasteiger partial charge in [0.15, 0.2) is 0 Å². The van der Waals surface area contributed by atoms with Crippen molar-refractivity contribution in [3.63, 3.8) is 0 Å². The highest BCUT2D eigenvalue weighted by molar-refractivity contribution is 5.33. The number of aromatic nitrogens is 3. The Hall–Kier alpha value is -1.63. The zero-order chi connectivity index (χ0) is 13.5. The maximum absolute atomic E-state index is 5.54. The maximum Gasteiger partial charge on any atom is 0.324 e. The smallest absolute Gasteiger partial charge is 0.324 e. The molecule has 1 heterocycles. The summed E-state index contributed by atoms with van der Waals surface area (Å²) in [7, 11) is 3.02. The standard InChI is InChI=1S/C11H21N5O2/c1-8(2)16(7-5-6-12)9-13-10(17-3)15-11(14-9)18-4/h8H,5-7,12H2,1-4H3. The van der Waals surface area contributed by atoms with Gasteiger partial charge in [-0.25, -0.2) is 0 Å². The minimum Gasteiger partial charge on any atom is -0.467 e. The lowest BCUT2D eigenvalue weighted by atomic mass is 10.3. The average Bonchev–Trinajstić information content (AvgIpc) is 2.38. The highest BCUT2D eigenvalue weighted by atomic mass is 16.5. The summed E-state index contributed by atoms with van der Waals surface area (Å²) in [6.07, 6.45) is 0.870. The van der Waals surface area contributed by atoms with Crippen molar-refractivity contribution in [1.82, 2.24) is 15.0 Å². The molecule has 0 radical (unpaired) electrons. The Kier molecular flexibility index (Phi) is 5.57. The predicted molar refractivity (Wildman–Crippen MR) is 69.1 cm³/mol. The van der Waals surface area contributed by atoms with E-state index in [2.05, 4.69) is 28.8 Å². The normalized spacial score (nSPS) is 10.6. The van der Waals surface area contributed by atoms with Crippen molar-refractivity contribution >= 4 is 5.95 Å². The highest BCUT2D eigenvalue weighted by Crippen LogP contribution is 2.18.